The van der Waals surface area contributed by atoms with Gasteiger partial charge in [0.25, 0.3) is 0 Å². The van der Waals surface area contributed by atoms with Gasteiger partial charge in [-0.25, -0.2) is 0 Å². The van der Waals surface area contributed by atoms with Gasteiger partial charge < -0.3 is 4.74 Å². The van der Waals surface area contributed by atoms with Crippen molar-refractivity contribution in [2.45, 2.75) is 64.2 Å². The third-order valence-electron chi connectivity index (χ3n) is 4.97. The standard InChI is InChI=1S/C24H33NO2S/c1-4-7-9-19(5-2)18-27-24(26)11-13-28-23-15-20(6-3)14-22(16-23)21-10-8-12-25-17-21/h8,10,12,14-17,19H,4-7,9,11,13,18H2,1-3H3. The van der Waals surface area contributed by atoms with Crippen LogP contribution in [0.4, 0.5) is 0 Å². The van der Waals surface area contributed by atoms with Crippen molar-refractivity contribution in [2.24, 2.45) is 5.92 Å². The number of hydrogen-bond acceptors (Lipinski definition) is 4. The van der Waals surface area contributed by atoms with E-state index in [0.29, 0.717) is 18.9 Å². The number of aromatic nitrogens is 1. The van der Waals surface area contributed by atoms with Gasteiger partial charge in [-0.2, -0.15) is 0 Å². The number of ether oxygens (including phenoxy) is 1. The van der Waals surface area contributed by atoms with Gasteiger partial charge in [0.15, 0.2) is 0 Å². The van der Waals surface area contributed by atoms with Crippen molar-refractivity contribution in [3.05, 3.63) is 48.3 Å². The highest BCUT2D eigenvalue weighted by Gasteiger charge is 2.11. The van der Waals surface area contributed by atoms with E-state index in [4.69, 9.17) is 4.74 Å². The molecule has 0 aliphatic carbocycles. The monoisotopic (exact) mass is 399 g/mol. The van der Waals surface area contributed by atoms with E-state index >= 15 is 0 Å². The second kappa shape index (κ2) is 12.6. The SMILES string of the molecule is CCCCC(CC)COC(=O)CCSc1cc(CC)cc(-c2cccnc2)c1. The van der Waals surface area contributed by atoms with Crippen LogP contribution in [-0.4, -0.2) is 23.3 Å². The van der Waals surface area contributed by atoms with Gasteiger partial charge in [-0.1, -0.05) is 52.2 Å². The van der Waals surface area contributed by atoms with Crippen molar-refractivity contribution in [3.8, 4) is 11.1 Å². The minimum Gasteiger partial charge on any atom is -0.465 e. The Morgan fingerprint density at radius 2 is 2.04 bits per heavy atom. The normalized spacial score (nSPS) is 12.0. The largest absolute Gasteiger partial charge is 0.465 e. The molecule has 0 amide bonds. The molecule has 1 atom stereocenters. The van der Waals surface area contributed by atoms with Crippen LogP contribution in [0.3, 0.4) is 0 Å². The third kappa shape index (κ3) is 7.67. The van der Waals surface area contributed by atoms with E-state index in [0.717, 1.165) is 30.6 Å². The van der Waals surface area contributed by atoms with E-state index in [1.165, 1.54) is 28.9 Å². The van der Waals surface area contributed by atoms with Crippen molar-refractivity contribution in [1.29, 1.82) is 0 Å². The lowest BCUT2D eigenvalue weighted by atomic mass is 10.0. The van der Waals surface area contributed by atoms with Crippen LogP contribution in [0.1, 0.15) is 58.4 Å². The zero-order valence-corrected chi connectivity index (χ0v) is 18.3. The minimum atomic E-state index is -0.0819. The number of esters is 1. The van der Waals surface area contributed by atoms with Crippen molar-refractivity contribution < 1.29 is 9.53 Å². The summed E-state index contributed by atoms with van der Waals surface area (Å²) in [4.78, 5) is 17.5. The lowest BCUT2D eigenvalue weighted by molar-refractivity contribution is -0.144. The number of benzene rings is 1. The first-order valence-corrected chi connectivity index (χ1v) is 11.5. The average molecular weight is 400 g/mol. The summed E-state index contributed by atoms with van der Waals surface area (Å²) in [6.45, 7) is 7.10. The number of carbonyl (C=O) groups excluding carboxylic acids is 1. The van der Waals surface area contributed by atoms with Crippen molar-refractivity contribution in [3.63, 3.8) is 0 Å². The Kier molecular flexibility index (Phi) is 10.1. The van der Waals surface area contributed by atoms with Crippen LogP contribution in [0.2, 0.25) is 0 Å². The van der Waals surface area contributed by atoms with Crippen molar-refractivity contribution in [1.82, 2.24) is 4.98 Å². The molecule has 0 saturated heterocycles. The molecule has 2 rings (SSSR count). The zero-order valence-electron chi connectivity index (χ0n) is 17.4. The Hall–Kier alpha value is -1.81. The summed E-state index contributed by atoms with van der Waals surface area (Å²) in [5, 5.41) is 0. The fourth-order valence-electron chi connectivity index (χ4n) is 3.08. The second-order valence-electron chi connectivity index (χ2n) is 7.16. The fourth-order valence-corrected chi connectivity index (χ4v) is 4.03. The number of nitrogens with zero attached hydrogens (tertiary/aromatic N) is 1. The molecule has 1 unspecified atom stereocenters. The van der Waals surface area contributed by atoms with Gasteiger partial charge in [0.05, 0.1) is 13.0 Å². The Balaban J connectivity index is 1.86. The van der Waals surface area contributed by atoms with E-state index in [2.05, 4.69) is 50.0 Å². The predicted octanol–water partition coefficient (Wildman–Crippen LogP) is 6.55. The highest BCUT2D eigenvalue weighted by atomic mass is 32.2. The van der Waals surface area contributed by atoms with Gasteiger partial charge in [-0.05, 0) is 48.1 Å². The van der Waals surface area contributed by atoms with Gasteiger partial charge in [0, 0.05) is 28.6 Å². The highest BCUT2D eigenvalue weighted by molar-refractivity contribution is 7.99. The zero-order chi connectivity index (χ0) is 20.2. The van der Waals surface area contributed by atoms with E-state index in [1.807, 2.05) is 12.3 Å². The van der Waals surface area contributed by atoms with Crippen LogP contribution >= 0.6 is 11.8 Å². The maximum Gasteiger partial charge on any atom is 0.306 e. The number of aryl methyl sites for hydroxylation is 1. The summed E-state index contributed by atoms with van der Waals surface area (Å²) < 4.78 is 5.51. The van der Waals surface area contributed by atoms with Crippen LogP contribution in [-0.2, 0) is 16.0 Å². The van der Waals surface area contributed by atoms with Crippen LogP contribution in [0.25, 0.3) is 11.1 Å². The Bertz CT molecular complexity index is 718. The van der Waals surface area contributed by atoms with E-state index in [9.17, 15) is 4.79 Å². The number of unbranched alkanes of at least 4 members (excludes halogenated alkanes) is 1. The van der Waals surface area contributed by atoms with Crippen LogP contribution in [0.5, 0.6) is 0 Å². The fraction of sp³-hybridized carbons (Fsp3) is 0.500. The minimum absolute atomic E-state index is 0.0819. The molecule has 0 fully saturated rings. The summed E-state index contributed by atoms with van der Waals surface area (Å²) in [6.07, 6.45) is 9.74. The lowest BCUT2D eigenvalue weighted by Gasteiger charge is -2.14. The molecule has 0 radical (unpaired) electrons. The number of hydrogen-bond donors (Lipinski definition) is 0. The number of pyridine rings is 1. The van der Waals surface area contributed by atoms with Crippen LogP contribution in [0, 0.1) is 5.92 Å². The van der Waals surface area contributed by atoms with Crippen LogP contribution < -0.4 is 0 Å². The van der Waals surface area contributed by atoms with Crippen LogP contribution in [0.15, 0.2) is 47.6 Å². The number of thioether (sulfide) groups is 1. The molecule has 1 aromatic heterocycles. The number of rotatable bonds is 12. The summed E-state index contributed by atoms with van der Waals surface area (Å²) >= 11 is 1.72. The van der Waals surface area contributed by atoms with Gasteiger partial charge in [0.1, 0.15) is 0 Å². The first-order valence-electron chi connectivity index (χ1n) is 10.5. The molecule has 0 saturated carbocycles. The number of carbonyl (C=O) groups is 1. The maximum absolute atomic E-state index is 12.1. The molecule has 2 aromatic rings. The Morgan fingerprint density at radius 1 is 1.18 bits per heavy atom. The molecule has 0 aliphatic rings. The van der Waals surface area contributed by atoms with E-state index < -0.39 is 0 Å². The van der Waals surface area contributed by atoms with Gasteiger partial charge >= 0.3 is 5.97 Å². The van der Waals surface area contributed by atoms with Crippen molar-refractivity contribution in [2.75, 3.05) is 12.4 Å². The quantitative estimate of drug-likeness (QED) is 0.299. The maximum atomic E-state index is 12.1. The lowest BCUT2D eigenvalue weighted by Crippen LogP contribution is -2.14. The van der Waals surface area contributed by atoms with E-state index in [1.54, 1.807) is 18.0 Å². The first kappa shape index (κ1) is 22.5. The molecule has 0 bridgehead atoms. The molecule has 28 heavy (non-hydrogen) atoms. The molecule has 4 heteroatoms. The molecule has 1 aromatic carbocycles. The second-order valence-corrected chi connectivity index (χ2v) is 8.33. The smallest absolute Gasteiger partial charge is 0.306 e. The first-order chi connectivity index (χ1) is 13.7. The molecular formula is C24H33NO2S. The summed E-state index contributed by atoms with van der Waals surface area (Å²) in [7, 11) is 0. The summed E-state index contributed by atoms with van der Waals surface area (Å²) in [5.41, 5.74) is 3.60. The molecule has 0 spiro atoms. The Morgan fingerprint density at radius 3 is 2.71 bits per heavy atom. The van der Waals surface area contributed by atoms with E-state index in [-0.39, 0.29) is 5.97 Å². The predicted molar refractivity (Wildman–Crippen MR) is 119 cm³/mol. The molecule has 3 nitrogen and oxygen atoms in total. The van der Waals surface area contributed by atoms with Gasteiger partial charge in [-0.15, -0.1) is 11.8 Å². The summed E-state index contributed by atoms with van der Waals surface area (Å²) in [6, 6.07) is 10.7. The topological polar surface area (TPSA) is 39.2 Å². The molecule has 0 N–H and O–H groups in total. The molecule has 152 valence electrons. The molecule has 1 heterocycles. The summed E-state index contributed by atoms with van der Waals surface area (Å²) in [5.74, 6) is 1.16. The molecular weight excluding hydrogens is 366 g/mol. The third-order valence-corrected chi connectivity index (χ3v) is 5.94. The van der Waals surface area contributed by atoms with Gasteiger partial charge in [-0.3, -0.25) is 9.78 Å². The average Bonchev–Trinajstić information content (AvgIpc) is 2.74. The van der Waals surface area contributed by atoms with Crippen molar-refractivity contribution >= 4 is 17.7 Å². The Labute approximate surface area is 174 Å². The van der Waals surface area contributed by atoms with Gasteiger partial charge in [0.2, 0.25) is 0 Å². The molecule has 0 aliphatic heterocycles. The highest BCUT2D eigenvalue weighted by Crippen LogP contribution is 2.28.